The Morgan fingerprint density at radius 1 is 1.77 bits per heavy atom. The second-order valence-electron chi connectivity index (χ2n) is 3.24. The van der Waals surface area contributed by atoms with E-state index in [1.807, 2.05) is 0 Å². The highest BCUT2D eigenvalue weighted by Gasteiger charge is 2.60. The van der Waals surface area contributed by atoms with Gasteiger partial charge in [-0.15, -0.1) is 0 Å². The molecule has 5 heteroatoms. The molecule has 0 aromatic rings. The van der Waals surface area contributed by atoms with E-state index in [1.54, 1.807) is 7.05 Å². The standard InChI is InChI=1S/C8H13F2NO2/c1-11-8(7(12)13-2)4-5(8)3-6(9)10/h5-6,11H,3-4H2,1-2H3/t5-,8-/m1/s1. The number of halogens is 2. The van der Waals surface area contributed by atoms with E-state index < -0.39 is 17.9 Å². The van der Waals surface area contributed by atoms with Gasteiger partial charge in [-0.2, -0.15) is 0 Å². The zero-order valence-corrected chi connectivity index (χ0v) is 7.64. The third-order valence-corrected chi connectivity index (χ3v) is 2.56. The topological polar surface area (TPSA) is 38.3 Å². The van der Waals surface area contributed by atoms with Crippen LogP contribution >= 0.6 is 0 Å². The molecule has 3 nitrogen and oxygen atoms in total. The summed E-state index contributed by atoms with van der Waals surface area (Å²) in [7, 11) is 2.85. The minimum Gasteiger partial charge on any atom is -0.468 e. The maximum atomic E-state index is 12.0. The third-order valence-electron chi connectivity index (χ3n) is 2.56. The van der Waals surface area contributed by atoms with Gasteiger partial charge in [0, 0.05) is 6.42 Å². The van der Waals surface area contributed by atoms with Gasteiger partial charge in [-0.25, -0.2) is 8.78 Å². The second-order valence-corrected chi connectivity index (χ2v) is 3.24. The maximum Gasteiger partial charge on any atom is 0.326 e. The molecular weight excluding hydrogens is 180 g/mol. The van der Waals surface area contributed by atoms with Gasteiger partial charge in [-0.3, -0.25) is 4.79 Å². The Labute approximate surface area is 75.4 Å². The quantitative estimate of drug-likeness (QED) is 0.671. The van der Waals surface area contributed by atoms with Gasteiger partial charge in [0.15, 0.2) is 0 Å². The van der Waals surface area contributed by atoms with E-state index in [2.05, 4.69) is 10.1 Å². The van der Waals surface area contributed by atoms with E-state index >= 15 is 0 Å². The monoisotopic (exact) mass is 193 g/mol. The van der Waals surface area contributed by atoms with Crippen LogP contribution in [0.15, 0.2) is 0 Å². The minimum atomic E-state index is -2.36. The Hall–Kier alpha value is -0.710. The van der Waals surface area contributed by atoms with Crippen molar-refractivity contribution in [2.45, 2.75) is 24.8 Å². The lowest BCUT2D eigenvalue weighted by Gasteiger charge is -2.13. The fourth-order valence-corrected chi connectivity index (χ4v) is 1.67. The van der Waals surface area contributed by atoms with Crippen LogP contribution < -0.4 is 5.32 Å². The number of hydrogen-bond donors (Lipinski definition) is 1. The number of likely N-dealkylation sites (N-methyl/N-ethyl adjacent to an activating group) is 1. The summed E-state index contributed by atoms with van der Waals surface area (Å²) < 4.78 is 28.5. The number of carbonyl (C=O) groups is 1. The first-order valence-electron chi connectivity index (χ1n) is 4.12. The van der Waals surface area contributed by atoms with Crippen molar-refractivity contribution >= 4 is 5.97 Å². The normalized spacial score (nSPS) is 31.9. The summed E-state index contributed by atoms with van der Waals surface area (Å²) in [5, 5.41) is 2.75. The van der Waals surface area contributed by atoms with Crippen LogP contribution in [0.25, 0.3) is 0 Å². The highest BCUT2D eigenvalue weighted by molar-refractivity contribution is 5.85. The van der Waals surface area contributed by atoms with E-state index in [-0.39, 0.29) is 12.3 Å². The zero-order chi connectivity index (χ0) is 10.1. The van der Waals surface area contributed by atoms with Gasteiger partial charge >= 0.3 is 5.97 Å². The van der Waals surface area contributed by atoms with Crippen LogP contribution in [0.1, 0.15) is 12.8 Å². The number of alkyl halides is 2. The van der Waals surface area contributed by atoms with Crippen molar-refractivity contribution in [1.29, 1.82) is 0 Å². The summed E-state index contributed by atoms with van der Waals surface area (Å²) in [4.78, 5) is 11.2. The fourth-order valence-electron chi connectivity index (χ4n) is 1.67. The Bertz CT molecular complexity index is 210. The molecule has 0 amide bonds. The molecule has 0 radical (unpaired) electrons. The molecule has 0 saturated heterocycles. The molecule has 1 aliphatic carbocycles. The Kier molecular flexibility index (Phi) is 2.85. The van der Waals surface area contributed by atoms with Crippen molar-refractivity contribution < 1.29 is 18.3 Å². The first kappa shape index (κ1) is 10.4. The zero-order valence-electron chi connectivity index (χ0n) is 7.64. The average Bonchev–Trinajstić information content (AvgIpc) is 2.77. The van der Waals surface area contributed by atoms with Crippen LogP contribution in [0.2, 0.25) is 0 Å². The van der Waals surface area contributed by atoms with Gasteiger partial charge in [0.1, 0.15) is 5.54 Å². The number of esters is 1. The number of methoxy groups -OCH3 is 1. The SMILES string of the molecule is CN[C@]1(C(=O)OC)C[C@H]1CC(F)F. The summed E-state index contributed by atoms with van der Waals surface area (Å²) in [6.45, 7) is 0. The Balaban J connectivity index is 2.53. The largest absolute Gasteiger partial charge is 0.468 e. The second kappa shape index (κ2) is 3.57. The molecule has 1 saturated carbocycles. The highest BCUT2D eigenvalue weighted by atomic mass is 19.3. The molecule has 2 atom stereocenters. The van der Waals surface area contributed by atoms with Gasteiger partial charge in [-0.1, -0.05) is 0 Å². The van der Waals surface area contributed by atoms with E-state index in [0.717, 1.165) is 0 Å². The molecule has 76 valence electrons. The molecule has 13 heavy (non-hydrogen) atoms. The average molecular weight is 193 g/mol. The molecule has 1 rings (SSSR count). The summed E-state index contributed by atoms with van der Waals surface area (Å²) in [6, 6.07) is 0. The molecule has 0 spiro atoms. The maximum absolute atomic E-state index is 12.0. The van der Waals surface area contributed by atoms with Crippen molar-refractivity contribution in [2.24, 2.45) is 5.92 Å². The molecule has 0 bridgehead atoms. The van der Waals surface area contributed by atoms with Gasteiger partial charge in [0.05, 0.1) is 7.11 Å². The van der Waals surface area contributed by atoms with Crippen molar-refractivity contribution in [3.63, 3.8) is 0 Å². The molecule has 1 fully saturated rings. The molecule has 1 aliphatic rings. The van der Waals surface area contributed by atoms with Crippen LogP contribution in [-0.4, -0.2) is 32.1 Å². The van der Waals surface area contributed by atoms with Crippen LogP contribution in [0.3, 0.4) is 0 Å². The van der Waals surface area contributed by atoms with Gasteiger partial charge in [0.2, 0.25) is 6.43 Å². The molecule has 1 N–H and O–H groups in total. The Morgan fingerprint density at radius 3 is 2.77 bits per heavy atom. The minimum absolute atomic E-state index is 0.240. The van der Waals surface area contributed by atoms with E-state index in [1.165, 1.54) is 7.11 Å². The summed E-state index contributed by atoms with van der Waals surface area (Å²) >= 11 is 0. The van der Waals surface area contributed by atoms with Crippen molar-refractivity contribution in [3.8, 4) is 0 Å². The lowest BCUT2D eigenvalue weighted by molar-refractivity contribution is -0.144. The van der Waals surface area contributed by atoms with Crippen molar-refractivity contribution in [3.05, 3.63) is 0 Å². The van der Waals surface area contributed by atoms with Crippen molar-refractivity contribution in [1.82, 2.24) is 5.32 Å². The molecule has 0 unspecified atom stereocenters. The van der Waals surface area contributed by atoms with Crippen LogP contribution in [-0.2, 0) is 9.53 Å². The number of ether oxygens (including phenoxy) is 1. The van der Waals surface area contributed by atoms with Crippen LogP contribution in [0, 0.1) is 5.92 Å². The summed E-state index contributed by atoms with van der Waals surface area (Å²) in [6.07, 6.45) is -2.15. The predicted octanol–water partition coefficient (Wildman–Crippen LogP) is 0.793. The smallest absolute Gasteiger partial charge is 0.326 e. The van der Waals surface area contributed by atoms with E-state index in [4.69, 9.17) is 0 Å². The fraction of sp³-hybridized carbons (Fsp3) is 0.875. The first-order chi connectivity index (χ1) is 6.06. The molecule has 0 heterocycles. The van der Waals surface area contributed by atoms with Gasteiger partial charge < -0.3 is 10.1 Å². The predicted molar refractivity (Wildman–Crippen MR) is 42.5 cm³/mol. The van der Waals surface area contributed by atoms with E-state index in [9.17, 15) is 13.6 Å². The number of nitrogens with one attached hydrogen (secondary N) is 1. The molecule has 0 aromatic heterocycles. The number of rotatable bonds is 4. The molecule has 0 aromatic carbocycles. The lowest BCUT2D eigenvalue weighted by Crippen LogP contribution is -2.40. The number of hydrogen-bond acceptors (Lipinski definition) is 3. The molecule has 0 aliphatic heterocycles. The first-order valence-corrected chi connectivity index (χ1v) is 4.12. The summed E-state index contributed by atoms with van der Waals surface area (Å²) in [5.74, 6) is -0.731. The van der Waals surface area contributed by atoms with Gasteiger partial charge in [-0.05, 0) is 19.4 Å². The lowest BCUT2D eigenvalue weighted by atomic mass is 10.1. The van der Waals surface area contributed by atoms with Gasteiger partial charge in [0.25, 0.3) is 0 Å². The van der Waals surface area contributed by atoms with Crippen LogP contribution in [0.5, 0.6) is 0 Å². The van der Waals surface area contributed by atoms with Crippen LogP contribution in [0.4, 0.5) is 8.78 Å². The van der Waals surface area contributed by atoms with E-state index in [0.29, 0.717) is 6.42 Å². The highest BCUT2D eigenvalue weighted by Crippen LogP contribution is 2.47. The third kappa shape index (κ3) is 1.80. The summed E-state index contributed by atoms with van der Waals surface area (Å²) in [5.41, 5.74) is -0.842. The van der Waals surface area contributed by atoms with Crippen molar-refractivity contribution in [2.75, 3.05) is 14.2 Å². The molecular formula is C8H13F2NO2. The number of carbonyl (C=O) groups excluding carboxylic acids is 1. The Morgan fingerprint density at radius 2 is 2.38 bits per heavy atom.